The molecule has 0 spiro atoms. The molecule has 1 amide bonds. The largest absolute Gasteiger partial charge is 0.301 e. The SMILES string of the molecule is CC=CCN1C(=O)C(=O)c2ccc(C)c(C)c21. The minimum Gasteiger partial charge on any atom is -0.301 e. The van der Waals surface area contributed by atoms with E-state index in [1.54, 1.807) is 11.0 Å². The van der Waals surface area contributed by atoms with Gasteiger partial charge in [0.2, 0.25) is 0 Å². The molecule has 0 N–H and O–H groups in total. The van der Waals surface area contributed by atoms with Gasteiger partial charge in [-0.1, -0.05) is 18.2 Å². The van der Waals surface area contributed by atoms with Crippen LogP contribution in [0.1, 0.15) is 28.4 Å². The molecule has 0 fully saturated rings. The highest BCUT2D eigenvalue weighted by atomic mass is 16.2. The molecule has 3 nitrogen and oxygen atoms in total. The summed E-state index contributed by atoms with van der Waals surface area (Å²) in [6, 6.07) is 3.63. The third-order valence-electron chi connectivity index (χ3n) is 3.18. The van der Waals surface area contributed by atoms with E-state index in [-0.39, 0.29) is 0 Å². The van der Waals surface area contributed by atoms with E-state index in [1.807, 2.05) is 39.0 Å². The lowest BCUT2D eigenvalue weighted by molar-refractivity contribution is -0.114. The lowest BCUT2D eigenvalue weighted by atomic mass is 10.0. The summed E-state index contributed by atoms with van der Waals surface area (Å²) in [5.74, 6) is -0.820. The summed E-state index contributed by atoms with van der Waals surface area (Å²) in [6.45, 7) is 6.28. The number of allylic oxidation sites excluding steroid dienone is 1. The number of anilines is 1. The highest BCUT2D eigenvalue weighted by Gasteiger charge is 2.36. The number of benzene rings is 1. The van der Waals surface area contributed by atoms with Gasteiger partial charge in [-0.25, -0.2) is 0 Å². The molecule has 1 aliphatic heterocycles. The quantitative estimate of drug-likeness (QED) is 0.577. The molecule has 1 aromatic carbocycles. The van der Waals surface area contributed by atoms with Crippen molar-refractivity contribution >= 4 is 17.4 Å². The third kappa shape index (κ3) is 1.68. The smallest absolute Gasteiger partial charge is 0.299 e. The van der Waals surface area contributed by atoms with Crippen LogP contribution in [-0.2, 0) is 4.79 Å². The second kappa shape index (κ2) is 4.17. The average molecular weight is 229 g/mol. The van der Waals surface area contributed by atoms with Crippen LogP contribution in [0.2, 0.25) is 0 Å². The summed E-state index contributed by atoms with van der Waals surface area (Å²) in [5.41, 5.74) is 3.41. The molecule has 0 unspecified atom stereocenters. The Morgan fingerprint density at radius 2 is 1.94 bits per heavy atom. The fourth-order valence-electron chi connectivity index (χ4n) is 2.06. The van der Waals surface area contributed by atoms with Crippen LogP contribution >= 0.6 is 0 Å². The van der Waals surface area contributed by atoms with E-state index < -0.39 is 11.7 Å². The lowest BCUT2D eigenvalue weighted by Crippen LogP contribution is -2.30. The number of carbonyl (C=O) groups excluding carboxylic acids is 2. The fourth-order valence-corrected chi connectivity index (χ4v) is 2.06. The molecule has 3 heteroatoms. The second-order valence-corrected chi connectivity index (χ2v) is 4.22. The maximum atomic E-state index is 11.9. The molecule has 88 valence electrons. The normalized spacial score (nSPS) is 14.9. The van der Waals surface area contributed by atoms with Crippen LogP contribution in [0.3, 0.4) is 0 Å². The monoisotopic (exact) mass is 229 g/mol. The molecule has 0 aromatic heterocycles. The number of aryl methyl sites for hydroxylation is 1. The van der Waals surface area contributed by atoms with Crippen LogP contribution in [0, 0.1) is 13.8 Å². The summed E-state index contributed by atoms with van der Waals surface area (Å²) >= 11 is 0. The summed E-state index contributed by atoms with van der Waals surface area (Å²) in [4.78, 5) is 25.2. The van der Waals surface area contributed by atoms with Crippen LogP contribution in [0.4, 0.5) is 5.69 Å². The molecule has 1 aliphatic rings. The van der Waals surface area contributed by atoms with Crippen molar-refractivity contribution in [2.24, 2.45) is 0 Å². The molecule has 0 aliphatic carbocycles. The molecular formula is C14H15NO2. The van der Waals surface area contributed by atoms with Crippen molar-refractivity contribution < 1.29 is 9.59 Å². The molecule has 0 atom stereocenters. The van der Waals surface area contributed by atoms with Crippen molar-refractivity contribution in [2.75, 3.05) is 11.4 Å². The van der Waals surface area contributed by atoms with Gasteiger partial charge in [0, 0.05) is 6.54 Å². The van der Waals surface area contributed by atoms with Gasteiger partial charge < -0.3 is 4.90 Å². The summed E-state index contributed by atoms with van der Waals surface area (Å²) in [7, 11) is 0. The zero-order valence-electron chi connectivity index (χ0n) is 10.3. The van der Waals surface area contributed by atoms with Crippen molar-refractivity contribution in [3.63, 3.8) is 0 Å². The van der Waals surface area contributed by atoms with Crippen LogP contribution in [-0.4, -0.2) is 18.2 Å². The summed E-state index contributed by atoms with van der Waals surface area (Å²) < 4.78 is 0. The highest BCUT2D eigenvalue weighted by molar-refractivity contribution is 6.52. The van der Waals surface area contributed by atoms with Crippen LogP contribution in [0.15, 0.2) is 24.3 Å². The Balaban J connectivity index is 2.57. The Morgan fingerprint density at radius 1 is 1.24 bits per heavy atom. The van der Waals surface area contributed by atoms with E-state index in [9.17, 15) is 9.59 Å². The van der Waals surface area contributed by atoms with Gasteiger partial charge in [0.15, 0.2) is 0 Å². The first-order valence-corrected chi connectivity index (χ1v) is 5.65. The first-order valence-electron chi connectivity index (χ1n) is 5.65. The number of hydrogen-bond acceptors (Lipinski definition) is 2. The van der Waals surface area contributed by atoms with E-state index in [2.05, 4.69) is 0 Å². The molecule has 2 rings (SSSR count). The zero-order valence-corrected chi connectivity index (χ0v) is 10.3. The molecule has 1 aromatic rings. The number of carbonyl (C=O) groups is 2. The number of ketones is 1. The van der Waals surface area contributed by atoms with E-state index in [0.717, 1.165) is 16.8 Å². The van der Waals surface area contributed by atoms with Crippen molar-refractivity contribution in [3.8, 4) is 0 Å². The number of rotatable bonds is 2. The number of amides is 1. The molecular weight excluding hydrogens is 214 g/mol. The lowest BCUT2D eigenvalue weighted by Gasteiger charge is -2.17. The molecule has 0 saturated carbocycles. The van der Waals surface area contributed by atoms with Gasteiger partial charge in [-0.2, -0.15) is 0 Å². The minimum absolute atomic E-state index is 0.396. The van der Waals surface area contributed by atoms with E-state index >= 15 is 0 Å². The summed E-state index contributed by atoms with van der Waals surface area (Å²) in [5, 5.41) is 0. The summed E-state index contributed by atoms with van der Waals surface area (Å²) in [6.07, 6.45) is 3.75. The average Bonchev–Trinajstić information content (AvgIpc) is 2.56. The second-order valence-electron chi connectivity index (χ2n) is 4.22. The van der Waals surface area contributed by atoms with Gasteiger partial charge in [-0.05, 0) is 38.0 Å². The third-order valence-corrected chi connectivity index (χ3v) is 3.18. The molecule has 1 heterocycles. The fraction of sp³-hybridized carbons (Fsp3) is 0.286. The maximum absolute atomic E-state index is 11.9. The Hall–Kier alpha value is -1.90. The number of Topliss-reactive ketones (excluding diaryl/α,β-unsaturated/α-hetero) is 1. The Bertz CT molecular complexity index is 529. The molecule has 17 heavy (non-hydrogen) atoms. The van der Waals surface area contributed by atoms with Gasteiger partial charge in [0.1, 0.15) is 0 Å². The number of hydrogen-bond donors (Lipinski definition) is 0. The molecule has 0 bridgehead atoms. The highest BCUT2D eigenvalue weighted by Crippen LogP contribution is 2.33. The number of fused-ring (bicyclic) bond motifs is 1. The standard InChI is InChI=1S/C14H15NO2/c1-4-5-8-15-12-10(3)9(2)6-7-11(12)13(16)14(15)17/h4-7H,8H2,1-3H3. The van der Waals surface area contributed by atoms with Crippen LogP contribution in [0.25, 0.3) is 0 Å². The van der Waals surface area contributed by atoms with Crippen molar-refractivity contribution in [2.45, 2.75) is 20.8 Å². The van der Waals surface area contributed by atoms with E-state index in [4.69, 9.17) is 0 Å². The van der Waals surface area contributed by atoms with E-state index in [1.165, 1.54) is 0 Å². The van der Waals surface area contributed by atoms with Gasteiger partial charge in [0.05, 0.1) is 11.3 Å². The zero-order chi connectivity index (χ0) is 12.6. The van der Waals surface area contributed by atoms with Crippen LogP contribution < -0.4 is 4.90 Å². The van der Waals surface area contributed by atoms with E-state index in [0.29, 0.717) is 12.1 Å². The topological polar surface area (TPSA) is 37.4 Å². The van der Waals surface area contributed by atoms with Crippen molar-refractivity contribution in [3.05, 3.63) is 41.0 Å². The Morgan fingerprint density at radius 3 is 2.59 bits per heavy atom. The Labute approximate surface area is 101 Å². The Kier molecular flexibility index (Phi) is 2.84. The van der Waals surface area contributed by atoms with Crippen LogP contribution in [0.5, 0.6) is 0 Å². The van der Waals surface area contributed by atoms with Gasteiger partial charge >= 0.3 is 0 Å². The maximum Gasteiger partial charge on any atom is 0.299 e. The van der Waals surface area contributed by atoms with Crippen molar-refractivity contribution in [1.29, 1.82) is 0 Å². The minimum atomic E-state index is -0.424. The van der Waals surface area contributed by atoms with Crippen molar-refractivity contribution in [1.82, 2.24) is 0 Å². The molecule has 0 radical (unpaired) electrons. The van der Waals surface area contributed by atoms with Gasteiger partial charge in [-0.3, -0.25) is 9.59 Å². The van der Waals surface area contributed by atoms with Gasteiger partial charge in [0.25, 0.3) is 11.7 Å². The first-order chi connectivity index (χ1) is 8.07. The predicted octanol–water partition coefficient (Wildman–Crippen LogP) is 2.41. The van der Waals surface area contributed by atoms with Gasteiger partial charge in [-0.15, -0.1) is 0 Å². The first kappa shape index (κ1) is 11.6. The number of nitrogens with zero attached hydrogens (tertiary/aromatic N) is 1. The predicted molar refractivity (Wildman–Crippen MR) is 67.4 cm³/mol. The molecule has 0 saturated heterocycles.